The second kappa shape index (κ2) is 11.2. The molecule has 5 nitrogen and oxygen atoms in total. The molecule has 0 aliphatic heterocycles. The van der Waals surface area contributed by atoms with Crippen molar-refractivity contribution < 1.29 is 18.7 Å². The maximum Gasteiger partial charge on any atom is 0.266 e. The Kier molecular flexibility index (Phi) is 8.06. The highest BCUT2D eigenvalue weighted by molar-refractivity contribution is 6.32. The zero-order valence-corrected chi connectivity index (χ0v) is 18.9. The number of benzene rings is 3. The Bertz CT molecular complexity index is 1220. The first-order valence-corrected chi connectivity index (χ1v) is 10.6. The van der Waals surface area contributed by atoms with Crippen LogP contribution in [0.3, 0.4) is 0 Å². The quantitative estimate of drug-likeness (QED) is 0.313. The van der Waals surface area contributed by atoms with E-state index >= 15 is 0 Å². The molecule has 0 atom stereocenters. The lowest BCUT2D eigenvalue weighted by molar-refractivity contribution is -0.112. The normalized spacial score (nSPS) is 10.9. The summed E-state index contributed by atoms with van der Waals surface area (Å²) in [6.07, 6.45) is 1.36. The number of aryl methyl sites for hydroxylation is 1. The lowest BCUT2D eigenvalue weighted by Crippen LogP contribution is -2.14. The number of amides is 1. The molecular weight excluding hydrogens is 443 g/mol. The van der Waals surface area contributed by atoms with Gasteiger partial charge in [0.15, 0.2) is 11.5 Å². The number of para-hydroxylation sites is 1. The number of hydrogen-bond acceptors (Lipinski definition) is 4. The third-order valence-electron chi connectivity index (χ3n) is 4.63. The molecule has 0 fully saturated rings. The van der Waals surface area contributed by atoms with Gasteiger partial charge in [-0.1, -0.05) is 53.6 Å². The van der Waals surface area contributed by atoms with E-state index < -0.39 is 11.7 Å². The van der Waals surface area contributed by atoms with E-state index in [1.165, 1.54) is 24.3 Å². The van der Waals surface area contributed by atoms with Crippen molar-refractivity contribution in [1.82, 2.24) is 0 Å². The first-order chi connectivity index (χ1) is 15.9. The summed E-state index contributed by atoms with van der Waals surface area (Å²) in [7, 11) is 0. The van der Waals surface area contributed by atoms with E-state index in [0.29, 0.717) is 30.3 Å². The summed E-state index contributed by atoms with van der Waals surface area (Å²) in [6, 6.07) is 18.7. The minimum atomic E-state index is -0.739. The van der Waals surface area contributed by atoms with Gasteiger partial charge < -0.3 is 14.8 Å². The number of nitriles is 1. The van der Waals surface area contributed by atoms with Crippen molar-refractivity contribution in [3.63, 3.8) is 0 Å². The molecule has 0 bridgehead atoms. The monoisotopic (exact) mass is 464 g/mol. The molecule has 7 heteroatoms. The molecule has 0 heterocycles. The Hall–Kier alpha value is -3.82. The smallest absolute Gasteiger partial charge is 0.266 e. The van der Waals surface area contributed by atoms with Crippen molar-refractivity contribution >= 4 is 29.3 Å². The SMILES string of the molecule is CCOc1cc(/C=C(/C#N)C(=O)Nc2ccccc2F)cc(Cl)c1OCc1ccc(C)cc1. The lowest BCUT2D eigenvalue weighted by Gasteiger charge is -2.15. The van der Waals surface area contributed by atoms with Gasteiger partial charge in [-0.25, -0.2) is 4.39 Å². The van der Waals surface area contributed by atoms with Gasteiger partial charge in [0.05, 0.1) is 17.3 Å². The highest BCUT2D eigenvalue weighted by atomic mass is 35.5. The summed E-state index contributed by atoms with van der Waals surface area (Å²) in [5.74, 6) is -0.586. The van der Waals surface area contributed by atoms with Gasteiger partial charge in [-0.3, -0.25) is 4.79 Å². The Morgan fingerprint density at radius 2 is 1.88 bits per heavy atom. The molecule has 33 heavy (non-hydrogen) atoms. The molecule has 0 spiro atoms. The minimum absolute atomic E-state index is 0.0171. The molecule has 0 radical (unpaired) electrons. The van der Waals surface area contributed by atoms with Gasteiger partial charge in [-0.15, -0.1) is 0 Å². The third kappa shape index (κ3) is 6.34. The average molecular weight is 465 g/mol. The number of nitrogens with zero attached hydrogens (tertiary/aromatic N) is 1. The fourth-order valence-corrected chi connectivity index (χ4v) is 3.26. The van der Waals surface area contributed by atoms with E-state index in [4.69, 9.17) is 21.1 Å². The molecule has 3 rings (SSSR count). The second-order valence-electron chi connectivity index (χ2n) is 7.14. The Balaban J connectivity index is 1.85. The zero-order valence-electron chi connectivity index (χ0n) is 18.2. The molecule has 0 unspecified atom stereocenters. The Labute approximate surface area is 197 Å². The molecule has 0 aromatic heterocycles. The second-order valence-corrected chi connectivity index (χ2v) is 7.55. The van der Waals surface area contributed by atoms with Crippen LogP contribution in [0.4, 0.5) is 10.1 Å². The standard InChI is InChI=1S/C26H22ClFN2O3/c1-3-32-24-14-19(12-20(15-29)26(31)30-23-7-5-4-6-22(23)28)13-21(27)25(24)33-16-18-10-8-17(2)9-11-18/h4-14H,3,16H2,1-2H3,(H,30,31)/b20-12-. The van der Waals surface area contributed by atoms with E-state index in [1.54, 1.807) is 18.2 Å². The Morgan fingerprint density at radius 3 is 2.55 bits per heavy atom. The van der Waals surface area contributed by atoms with Crippen LogP contribution in [0.1, 0.15) is 23.6 Å². The maximum absolute atomic E-state index is 13.8. The van der Waals surface area contributed by atoms with Crippen LogP contribution in [-0.4, -0.2) is 12.5 Å². The number of anilines is 1. The van der Waals surface area contributed by atoms with Gasteiger partial charge >= 0.3 is 0 Å². The summed E-state index contributed by atoms with van der Waals surface area (Å²) in [4.78, 5) is 12.5. The van der Waals surface area contributed by atoms with Crippen LogP contribution in [0.5, 0.6) is 11.5 Å². The van der Waals surface area contributed by atoms with Crippen LogP contribution < -0.4 is 14.8 Å². The fraction of sp³-hybridized carbons (Fsp3) is 0.154. The summed E-state index contributed by atoms with van der Waals surface area (Å²) in [5, 5.41) is 12.1. The molecule has 1 N–H and O–H groups in total. The highest BCUT2D eigenvalue weighted by Crippen LogP contribution is 2.38. The van der Waals surface area contributed by atoms with E-state index in [9.17, 15) is 14.4 Å². The van der Waals surface area contributed by atoms with Gasteiger partial charge in [-0.2, -0.15) is 5.26 Å². The fourth-order valence-electron chi connectivity index (χ4n) is 2.98. The zero-order chi connectivity index (χ0) is 23.8. The van der Waals surface area contributed by atoms with E-state index in [2.05, 4.69) is 5.32 Å². The number of nitrogens with one attached hydrogen (secondary N) is 1. The Morgan fingerprint density at radius 1 is 1.15 bits per heavy atom. The number of halogens is 2. The summed E-state index contributed by atoms with van der Waals surface area (Å²) in [6.45, 7) is 4.49. The molecule has 0 aliphatic rings. The van der Waals surface area contributed by atoms with Crippen molar-refractivity contribution in [3.05, 3.63) is 93.8 Å². The van der Waals surface area contributed by atoms with Gasteiger partial charge in [0.1, 0.15) is 24.1 Å². The third-order valence-corrected chi connectivity index (χ3v) is 4.91. The minimum Gasteiger partial charge on any atom is -0.490 e. The number of carbonyl (C=O) groups excluding carboxylic acids is 1. The summed E-state index contributed by atoms with van der Waals surface area (Å²) >= 11 is 6.45. The summed E-state index contributed by atoms with van der Waals surface area (Å²) in [5.41, 5.74) is 2.35. The molecule has 1 amide bonds. The number of hydrogen-bond donors (Lipinski definition) is 1. The predicted octanol–water partition coefficient (Wildman–Crippen LogP) is 6.31. The van der Waals surface area contributed by atoms with Crippen molar-refractivity contribution in [2.45, 2.75) is 20.5 Å². The van der Waals surface area contributed by atoms with E-state index in [0.717, 1.165) is 11.1 Å². The number of ether oxygens (including phenoxy) is 2. The van der Waals surface area contributed by atoms with Crippen LogP contribution in [0, 0.1) is 24.1 Å². The number of carbonyl (C=O) groups is 1. The van der Waals surface area contributed by atoms with Crippen LogP contribution in [0.25, 0.3) is 6.08 Å². The van der Waals surface area contributed by atoms with E-state index in [-0.39, 0.29) is 16.3 Å². The molecular formula is C26H22ClFN2O3. The van der Waals surface area contributed by atoms with E-state index in [1.807, 2.05) is 44.2 Å². The molecule has 3 aromatic carbocycles. The van der Waals surface area contributed by atoms with Crippen LogP contribution in [0.2, 0.25) is 5.02 Å². The molecule has 3 aromatic rings. The van der Waals surface area contributed by atoms with Crippen molar-refractivity contribution in [2.24, 2.45) is 0 Å². The lowest BCUT2D eigenvalue weighted by atomic mass is 10.1. The maximum atomic E-state index is 13.8. The highest BCUT2D eigenvalue weighted by Gasteiger charge is 2.16. The predicted molar refractivity (Wildman–Crippen MR) is 127 cm³/mol. The van der Waals surface area contributed by atoms with Gasteiger partial charge in [0.2, 0.25) is 0 Å². The van der Waals surface area contributed by atoms with Crippen molar-refractivity contribution in [2.75, 3.05) is 11.9 Å². The molecule has 168 valence electrons. The first-order valence-electron chi connectivity index (χ1n) is 10.2. The summed E-state index contributed by atoms with van der Waals surface area (Å²) < 4.78 is 25.4. The van der Waals surface area contributed by atoms with Gasteiger partial charge in [0, 0.05) is 0 Å². The van der Waals surface area contributed by atoms with Crippen LogP contribution in [0.15, 0.2) is 66.2 Å². The topological polar surface area (TPSA) is 71.3 Å². The molecule has 0 saturated carbocycles. The van der Waals surface area contributed by atoms with Gasteiger partial charge in [0.25, 0.3) is 5.91 Å². The van der Waals surface area contributed by atoms with Crippen molar-refractivity contribution in [1.29, 1.82) is 5.26 Å². The van der Waals surface area contributed by atoms with Crippen LogP contribution >= 0.6 is 11.6 Å². The molecule has 0 aliphatic carbocycles. The first kappa shape index (κ1) is 23.8. The largest absolute Gasteiger partial charge is 0.490 e. The molecule has 0 saturated heterocycles. The average Bonchev–Trinajstić information content (AvgIpc) is 2.79. The number of rotatable bonds is 8. The van der Waals surface area contributed by atoms with Crippen molar-refractivity contribution in [3.8, 4) is 17.6 Å². The van der Waals surface area contributed by atoms with Gasteiger partial charge in [-0.05, 0) is 55.3 Å². The van der Waals surface area contributed by atoms with Crippen LogP contribution in [-0.2, 0) is 11.4 Å².